The minimum atomic E-state index is -1.07. The highest BCUT2D eigenvalue weighted by Crippen LogP contribution is 2.23. The highest BCUT2D eigenvalue weighted by Gasteiger charge is 2.34. The first-order valence-electron chi connectivity index (χ1n) is 6.90. The molecule has 1 aromatic rings. The first-order valence-corrected chi connectivity index (χ1v) is 6.90. The normalized spacial score (nSPS) is 11.0. The molecule has 1 amide bonds. The van der Waals surface area contributed by atoms with Crippen LogP contribution in [0.3, 0.4) is 0 Å². The molecule has 0 fully saturated rings. The van der Waals surface area contributed by atoms with Crippen molar-refractivity contribution in [2.75, 3.05) is 19.0 Å². The van der Waals surface area contributed by atoms with Crippen LogP contribution >= 0.6 is 0 Å². The molecule has 3 N–H and O–H groups in total. The molecule has 0 unspecified atom stereocenters. The van der Waals surface area contributed by atoms with Crippen LogP contribution in [-0.4, -0.2) is 36.2 Å². The number of hydrogen-bond donors (Lipinski definition) is 3. The number of carboxylic acids is 1. The summed E-state index contributed by atoms with van der Waals surface area (Å²) in [6.45, 7) is 3.48. The van der Waals surface area contributed by atoms with E-state index in [4.69, 9.17) is 4.74 Å². The number of carbonyl (C=O) groups excluding carboxylic acids is 1. The highest BCUT2D eigenvalue weighted by atomic mass is 16.5. The Morgan fingerprint density at radius 2 is 1.86 bits per heavy atom. The molecule has 0 aliphatic carbocycles. The van der Waals surface area contributed by atoms with E-state index < -0.39 is 11.5 Å². The lowest BCUT2D eigenvalue weighted by atomic mass is 9.93. The third-order valence-electron chi connectivity index (χ3n) is 3.58. The minimum Gasteiger partial charge on any atom is -0.495 e. The summed E-state index contributed by atoms with van der Waals surface area (Å²) in [4.78, 5) is 23.3. The van der Waals surface area contributed by atoms with Crippen molar-refractivity contribution in [3.8, 4) is 5.75 Å². The van der Waals surface area contributed by atoms with E-state index in [0.29, 0.717) is 24.3 Å². The lowest BCUT2D eigenvalue weighted by molar-refractivity contribution is -0.145. The maximum atomic E-state index is 12.0. The fraction of sp³-hybridized carbons (Fsp3) is 0.467. The van der Waals surface area contributed by atoms with Crippen LogP contribution in [0.2, 0.25) is 0 Å². The summed E-state index contributed by atoms with van der Waals surface area (Å²) < 4.78 is 5.14. The second-order valence-electron chi connectivity index (χ2n) is 4.70. The number of ether oxygens (including phenoxy) is 1. The molecule has 0 saturated carbocycles. The summed E-state index contributed by atoms with van der Waals surface area (Å²) in [5, 5.41) is 14.8. The SMILES string of the molecule is CCC(CC)(NCC(=O)Nc1ccccc1OC)C(=O)O. The Balaban J connectivity index is 2.68. The van der Waals surface area contributed by atoms with Gasteiger partial charge in [0, 0.05) is 0 Å². The molecule has 6 heteroatoms. The number of benzene rings is 1. The van der Waals surface area contributed by atoms with Crippen molar-refractivity contribution in [3.05, 3.63) is 24.3 Å². The van der Waals surface area contributed by atoms with E-state index in [1.807, 2.05) is 0 Å². The summed E-state index contributed by atoms with van der Waals surface area (Å²) in [5.41, 5.74) is -0.515. The Bertz CT molecular complexity index is 498. The summed E-state index contributed by atoms with van der Waals surface area (Å²) in [7, 11) is 1.52. The van der Waals surface area contributed by atoms with Crippen molar-refractivity contribution in [1.29, 1.82) is 0 Å². The van der Waals surface area contributed by atoms with Crippen LogP contribution in [0, 0.1) is 0 Å². The van der Waals surface area contributed by atoms with Crippen LogP contribution in [0.4, 0.5) is 5.69 Å². The number of methoxy groups -OCH3 is 1. The second kappa shape index (κ2) is 7.64. The molecule has 1 rings (SSSR count). The Labute approximate surface area is 124 Å². The van der Waals surface area contributed by atoms with Gasteiger partial charge in [0.05, 0.1) is 19.3 Å². The largest absolute Gasteiger partial charge is 0.495 e. The molecule has 0 aromatic heterocycles. The first kappa shape index (κ1) is 17.0. The van der Waals surface area contributed by atoms with E-state index in [1.165, 1.54) is 7.11 Å². The van der Waals surface area contributed by atoms with Crippen LogP contribution < -0.4 is 15.4 Å². The smallest absolute Gasteiger partial charge is 0.323 e. The molecule has 0 saturated heterocycles. The average molecular weight is 294 g/mol. The predicted molar refractivity (Wildman–Crippen MR) is 80.6 cm³/mol. The molecule has 6 nitrogen and oxygen atoms in total. The van der Waals surface area contributed by atoms with Gasteiger partial charge in [0.1, 0.15) is 11.3 Å². The fourth-order valence-corrected chi connectivity index (χ4v) is 2.07. The molecule has 1 aromatic carbocycles. The molecular weight excluding hydrogens is 272 g/mol. The van der Waals surface area contributed by atoms with Crippen molar-refractivity contribution in [3.63, 3.8) is 0 Å². The number of carboxylic acid groups (broad SMARTS) is 1. The molecule has 0 radical (unpaired) electrons. The molecule has 0 bridgehead atoms. The van der Waals surface area contributed by atoms with Crippen LogP contribution in [0.1, 0.15) is 26.7 Å². The summed E-state index contributed by atoms with van der Waals surface area (Å²) in [6.07, 6.45) is 0.807. The van der Waals surface area contributed by atoms with Crippen molar-refractivity contribution in [2.24, 2.45) is 0 Å². The maximum absolute atomic E-state index is 12.0. The molecule has 0 heterocycles. The maximum Gasteiger partial charge on any atom is 0.323 e. The zero-order valence-electron chi connectivity index (χ0n) is 12.6. The molecule has 0 atom stereocenters. The van der Waals surface area contributed by atoms with Gasteiger partial charge in [-0.3, -0.25) is 14.9 Å². The Kier molecular flexibility index (Phi) is 6.17. The summed E-state index contributed by atoms with van der Waals surface area (Å²) in [5.74, 6) is -0.703. The monoisotopic (exact) mass is 294 g/mol. The van der Waals surface area contributed by atoms with Gasteiger partial charge in [-0.25, -0.2) is 0 Å². The number of nitrogens with one attached hydrogen (secondary N) is 2. The fourth-order valence-electron chi connectivity index (χ4n) is 2.07. The molecule has 0 spiro atoms. The van der Waals surface area contributed by atoms with Crippen LogP contribution in [0.15, 0.2) is 24.3 Å². The zero-order valence-corrected chi connectivity index (χ0v) is 12.6. The van der Waals surface area contributed by atoms with Gasteiger partial charge in [-0.2, -0.15) is 0 Å². The van der Waals surface area contributed by atoms with Crippen molar-refractivity contribution >= 4 is 17.6 Å². The van der Waals surface area contributed by atoms with E-state index in [0.717, 1.165) is 0 Å². The Morgan fingerprint density at radius 3 is 2.38 bits per heavy atom. The molecular formula is C15H22N2O4. The predicted octanol–water partition coefficient (Wildman–Crippen LogP) is 1.87. The van der Waals surface area contributed by atoms with E-state index in [9.17, 15) is 14.7 Å². The van der Waals surface area contributed by atoms with Gasteiger partial charge in [-0.15, -0.1) is 0 Å². The molecule has 116 valence electrons. The van der Waals surface area contributed by atoms with E-state index in [-0.39, 0.29) is 12.5 Å². The van der Waals surface area contributed by atoms with Gasteiger partial charge in [-0.1, -0.05) is 26.0 Å². The number of amides is 1. The summed E-state index contributed by atoms with van der Waals surface area (Å²) >= 11 is 0. The number of anilines is 1. The molecule has 0 aliphatic heterocycles. The van der Waals surface area contributed by atoms with Gasteiger partial charge in [0.2, 0.25) is 5.91 Å². The van der Waals surface area contributed by atoms with Gasteiger partial charge in [-0.05, 0) is 25.0 Å². The van der Waals surface area contributed by atoms with Crippen LogP contribution in [-0.2, 0) is 9.59 Å². The minimum absolute atomic E-state index is 0.0774. The van der Waals surface area contributed by atoms with Crippen molar-refractivity contribution < 1.29 is 19.4 Å². The van der Waals surface area contributed by atoms with Crippen LogP contribution in [0.25, 0.3) is 0 Å². The van der Waals surface area contributed by atoms with Crippen molar-refractivity contribution in [2.45, 2.75) is 32.2 Å². The molecule has 21 heavy (non-hydrogen) atoms. The number of carbonyl (C=O) groups is 2. The van der Waals surface area contributed by atoms with Crippen LogP contribution in [0.5, 0.6) is 5.75 Å². The molecule has 0 aliphatic rings. The number of aliphatic carboxylic acids is 1. The highest BCUT2D eigenvalue weighted by molar-refractivity contribution is 5.94. The lowest BCUT2D eigenvalue weighted by Crippen LogP contribution is -2.53. The van der Waals surface area contributed by atoms with E-state index >= 15 is 0 Å². The summed E-state index contributed by atoms with van der Waals surface area (Å²) in [6, 6.07) is 7.05. The topological polar surface area (TPSA) is 87.7 Å². The second-order valence-corrected chi connectivity index (χ2v) is 4.70. The van der Waals surface area contributed by atoms with E-state index in [1.54, 1.807) is 38.1 Å². The Hall–Kier alpha value is -2.08. The van der Waals surface area contributed by atoms with Gasteiger partial charge in [0.15, 0.2) is 0 Å². The quantitative estimate of drug-likeness (QED) is 0.681. The third-order valence-corrected chi connectivity index (χ3v) is 3.58. The number of hydrogen-bond acceptors (Lipinski definition) is 4. The van der Waals surface area contributed by atoms with Gasteiger partial charge in [0.25, 0.3) is 0 Å². The Morgan fingerprint density at radius 1 is 1.24 bits per heavy atom. The van der Waals surface area contributed by atoms with Crippen molar-refractivity contribution in [1.82, 2.24) is 5.32 Å². The number of rotatable bonds is 8. The average Bonchev–Trinajstić information content (AvgIpc) is 2.49. The zero-order chi connectivity index (χ0) is 15.9. The lowest BCUT2D eigenvalue weighted by Gasteiger charge is -2.27. The van der Waals surface area contributed by atoms with E-state index in [2.05, 4.69) is 10.6 Å². The standard InChI is InChI=1S/C15H22N2O4/c1-4-15(5-2,14(19)20)16-10-13(18)17-11-8-6-7-9-12(11)21-3/h6-9,16H,4-5,10H2,1-3H3,(H,17,18)(H,19,20). The number of para-hydroxylation sites is 2. The van der Waals surface area contributed by atoms with Gasteiger partial charge < -0.3 is 15.2 Å². The third kappa shape index (κ3) is 4.19. The first-order chi connectivity index (χ1) is 9.99. The van der Waals surface area contributed by atoms with Gasteiger partial charge >= 0.3 is 5.97 Å².